The number of hydrogen-bond donors (Lipinski definition) is 1. The Kier molecular flexibility index (Phi) is 5.34. The van der Waals surface area contributed by atoms with Gasteiger partial charge in [0.2, 0.25) is 10.0 Å². The first-order chi connectivity index (χ1) is 14.2. The van der Waals surface area contributed by atoms with Crippen LogP contribution < -0.4 is 9.62 Å². The van der Waals surface area contributed by atoms with Gasteiger partial charge in [-0.1, -0.05) is 25.7 Å². The molecule has 8 nitrogen and oxygen atoms in total. The molecule has 1 saturated carbocycles. The lowest BCUT2D eigenvalue weighted by molar-refractivity contribution is -0.131. The number of Topliss-reactive ketones (excluding diaryl/α,β-unsaturated/α-hetero) is 1. The van der Waals surface area contributed by atoms with Crippen LogP contribution in [0.3, 0.4) is 0 Å². The Labute approximate surface area is 176 Å². The van der Waals surface area contributed by atoms with Crippen LogP contribution in [0.5, 0.6) is 0 Å². The lowest BCUT2D eigenvalue weighted by atomic mass is 9.90. The Morgan fingerprint density at radius 3 is 2.47 bits per heavy atom. The van der Waals surface area contributed by atoms with Gasteiger partial charge in [0.15, 0.2) is 5.78 Å². The average Bonchev–Trinajstić information content (AvgIpc) is 2.86. The predicted molar refractivity (Wildman–Crippen MR) is 112 cm³/mol. The van der Waals surface area contributed by atoms with Crippen molar-refractivity contribution in [3.63, 3.8) is 0 Å². The van der Waals surface area contributed by atoms with Crippen molar-refractivity contribution in [2.45, 2.75) is 56.9 Å². The molecule has 0 aromatic heterocycles. The Morgan fingerprint density at radius 2 is 1.80 bits per heavy atom. The maximum absolute atomic E-state index is 13.0. The lowest BCUT2D eigenvalue weighted by Gasteiger charge is -2.29. The van der Waals surface area contributed by atoms with E-state index < -0.39 is 21.6 Å². The van der Waals surface area contributed by atoms with Crippen molar-refractivity contribution in [3.05, 3.63) is 29.3 Å². The number of urea groups is 1. The van der Waals surface area contributed by atoms with Gasteiger partial charge in [-0.3, -0.25) is 18.8 Å². The summed E-state index contributed by atoms with van der Waals surface area (Å²) < 4.78 is 25.4. The molecule has 2 fully saturated rings. The van der Waals surface area contributed by atoms with Gasteiger partial charge < -0.3 is 5.32 Å². The quantitative estimate of drug-likeness (QED) is 0.579. The summed E-state index contributed by atoms with van der Waals surface area (Å²) in [4.78, 5) is 39.4. The Bertz CT molecular complexity index is 996. The minimum absolute atomic E-state index is 0.302. The molecule has 3 amide bonds. The van der Waals surface area contributed by atoms with E-state index in [2.05, 4.69) is 5.32 Å². The third-order valence-corrected chi connectivity index (χ3v) is 7.56. The molecule has 1 N–H and O–H groups in total. The van der Waals surface area contributed by atoms with Gasteiger partial charge in [0.1, 0.15) is 5.54 Å². The molecule has 162 valence electrons. The summed E-state index contributed by atoms with van der Waals surface area (Å²) >= 11 is 0. The maximum atomic E-state index is 13.0. The van der Waals surface area contributed by atoms with Gasteiger partial charge in [-0.2, -0.15) is 0 Å². The number of hydrogen-bond acceptors (Lipinski definition) is 5. The van der Waals surface area contributed by atoms with E-state index in [9.17, 15) is 22.8 Å². The molecule has 9 heteroatoms. The molecule has 0 unspecified atom stereocenters. The molecule has 1 aromatic rings. The molecule has 1 spiro atoms. The summed E-state index contributed by atoms with van der Waals surface area (Å²) in [6.07, 6.45) is 7.60. The third-order valence-electron chi connectivity index (χ3n) is 6.38. The number of benzene rings is 1. The topological polar surface area (TPSA) is 104 Å². The van der Waals surface area contributed by atoms with Crippen LogP contribution in [0.1, 0.15) is 60.9 Å². The standard InChI is InChI=1S/C21H27N3O5S/c1-30(28,29)24-12-6-7-15-13-16(8-9-17(15)24)18(25)14-23-19(26)21(22-20(23)27)10-4-2-3-5-11-21/h8-9,13H,2-7,10-12,14H2,1H3,(H,22,27). The van der Waals surface area contributed by atoms with Gasteiger partial charge >= 0.3 is 6.03 Å². The SMILES string of the molecule is CS(=O)(=O)N1CCCc2cc(C(=O)CN3C(=O)NC4(CCCCCC4)C3=O)ccc21. The molecule has 0 radical (unpaired) electrons. The highest BCUT2D eigenvalue weighted by atomic mass is 32.2. The number of anilines is 1. The second kappa shape index (κ2) is 7.68. The first kappa shape index (κ1) is 20.8. The zero-order valence-electron chi connectivity index (χ0n) is 17.1. The molecule has 4 rings (SSSR count). The maximum Gasteiger partial charge on any atom is 0.325 e. The van der Waals surface area contributed by atoms with Gasteiger partial charge in [-0.15, -0.1) is 0 Å². The van der Waals surface area contributed by atoms with Crippen molar-refractivity contribution in [2.75, 3.05) is 23.7 Å². The second-order valence-electron chi connectivity index (χ2n) is 8.52. The molecule has 2 aliphatic heterocycles. The number of imide groups is 1. The summed E-state index contributed by atoms with van der Waals surface area (Å²) in [6, 6.07) is 4.40. The smallest absolute Gasteiger partial charge is 0.323 e. The highest BCUT2D eigenvalue weighted by molar-refractivity contribution is 7.92. The number of nitrogens with zero attached hydrogens (tertiary/aromatic N) is 2. The van der Waals surface area contributed by atoms with E-state index >= 15 is 0 Å². The first-order valence-corrected chi connectivity index (χ1v) is 12.3. The number of amides is 3. The van der Waals surface area contributed by atoms with Crippen LogP contribution >= 0.6 is 0 Å². The first-order valence-electron chi connectivity index (χ1n) is 10.5. The number of fused-ring (bicyclic) bond motifs is 1. The van der Waals surface area contributed by atoms with Crippen molar-refractivity contribution in [1.82, 2.24) is 10.2 Å². The normalized spacial score (nSPS) is 21.4. The van der Waals surface area contributed by atoms with Crippen LogP contribution in [-0.4, -0.2) is 55.9 Å². The average molecular weight is 434 g/mol. The van der Waals surface area contributed by atoms with E-state index in [1.54, 1.807) is 18.2 Å². The fourth-order valence-corrected chi connectivity index (χ4v) is 5.80. The fourth-order valence-electron chi connectivity index (χ4n) is 4.81. The Morgan fingerprint density at radius 1 is 1.10 bits per heavy atom. The summed E-state index contributed by atoms with van der Waals surface area (Å²) in [5.74, 6) is -0.632. The van der Waals surface area contributed by atoms with Crippen LogP contribution in [0, 0.1) is 0 Å². The fraction of sp³-hybridized carbons (Fsp3) is 0.571. The molecule has 0 bridgehead atoms. The molecule has 3 aliphatic rings. The number of ketones is 1. The van der Waals surface area contributed by atoms with E-state index in [-0.39, 0.29) is 18.2 Å². The van der Waals surface area contributed by atoms with E-state index in [1.165, 1.54) is 10.6 Å². The highest BCUT2D eigenvalue weighted by Gasteiger charge is 2.51. The molecular formula is C21H27N3O5S. The molecule has 30 heavy (non-hydrogen) atoms. The Hall–Kier alpha value is -2.42. The second-order valence-corrected chi connectivity index (χ2v) is 10.4. The summed E-state index contributed by atoms with van der Waals surface area (Å²) in [5.41, 5.74) is 0.897. The van der Waals surface area contributed by atoms with Crippen LogP contribution in [0.25, 0.3) is 0 Å². The number of aryl methyl sites for hydroxylation is 1. The van der Waals surface area contributed by atoms with E-state index in [4.69, 9.17) is 0 Å². The highest BCUT2D eigenvalue weighted by Crippen LogP contribution is 2.33. The van der Waals surface area contributed by atoms with Crippen molar-refractivity contribution in [1.29, 1.82) is 0 Å². The van der Waals surface area contributed by atoms with Crippen LogP contribution in [0.2, 0.25) is 0 Å². The van der Waals surface area contributed by atoms with E-state index in [0.29, 0.717) is 43.5 Å². The van der Waals surface area contributed by atoms with Crippen LogP contribution in [-0.2, 0) is 21.2 Å². The number of carbonyl (C=O) groups is 3. The number of rotatable bonds is 4. The van der Waals surface area contributed by atoms with Crippen molar-refractivity contribution in [2.24, 2.45) is 0 Å². The number of sulfonamides is 1. The monoisotopic (exact) mass is 433 g/mol. The molecule has 1 aliphatic carbocycles. The number of carbonyl (C=O) groups excluding carboxylic acids is 3. The summed E-state index contributed by atoms with van der Waals surface area (Å²) in [6.45, 7) is 0.116. The predicted octanol–water partition coefficient (Wildman–Crippen LogP) is 2.23. The molecular weight excluding hydrogens is 406 g/mol. The zero-order chi connectivity index (χ0) is 21.5. The lowest BCUT2D eigenvalue weighted by Crippen LogP contribution is -2.46. The minimum Gasteiger partial charge on any atom is -0.323 e. The number of nitrogens with one attached hydrogen (secondary N) is 1. The van der Waals surface area contributed by atoms with Gasteiger partial charge in [0.25, 0.3) is 5.91 Å². The Balaban J connectivity index is 1.53. The van der Waals surface area contributed by atoms with Crippen LogP contribution in [0.4, 0.5) is 10.5 Å². The molecule has 1 aromatic carbocycles. The largest absolute Gasteiger partial charge is 0.325 e. The van der Waals surface area contributed by atoms with Gasteiger partial charge in [-0.25, -0.2) is 13.2 Å². The third kappa shape index (κ3) is 3.71. The van der Waals surface area contributed by atoms with Crippen molar-refractivity contribution in [3.8, 4) is 0 Å². The zero-order valence-corrected chi connectivity index (χ0v) is 18.0. The van der Waals surface area contributed by atoms with Crippen molar-refractivity contribution < 1.29 is 22.8 Å². The van der Waals surface area contributed by atoms with Gasteiger partial charge in [-0.05, 0) is 49.4 Å². The van der Waals surface area contributed by atoms with Gasteiger partial charge in [0, 0.05) is 12.1 Å². The van der Waals surface area contributed by atoms with Crippen LogP contribution in [0.15, 0.2) is 18.2 Å². The van der Waals surface area contributed by atoms with E-state index in [1.807, 2.05) is 0 Å². The summed E-state index contributed by atoms with van der Waals surface area (Å²) in [5, 5.41) is 2.85. The minimum atomic E-state index is -3.38. The van der Waals surface area contributed by atoms with Crippen molar-refractivity contribution >= 4 is 33.4 Å². The summed E-state index contributed by atoms with van der Waals surface area (Å²) in [7, 11) is -3.38. The van der Waals surface area contributed by atoms with E-state index in [0.717, 1.165) is 36.1 Å². The molecule has 1 saturated heterocycles. The molecule has 0 atom stereocenters. The molecule has 2 heterocycles. The van der Waals surface area contributed by atoms with Gasteiger partial charge in [0.05, 0.1) is 18.5 Å².